The summed E-state index contributed by atoms with van der Waals surface area (Å²) in [6, 6.07) is 24.1. The standard InChI is InChI=1S/2C15H21N3O2.C15H19N3O2.C14H20N4O/c1-16-12-4-3-11-9-14(15(19)17-13(11)10-12)18-5-2-7-20-8-6-18;2*1-16-11-3-2-10-8-14(15(20)17-13(10)9-11)18-6-4-12(19)5-7-18;1-15-11-3-2-10-8-13(14(19)17-12(10)9-11)18-6-4-16-5-7-18/h3-4,10,14,16H,2,5-9H2,1H3,(H,17,19);2-3,9,12,14,16,19H,4-8H2,1H3,(H,17,20);2-3,9,14,16H,4-8H2,1H3,(H,17,20);2-3,9,13,15-16H,4-8H2,1H3,(H,17,19). The van der Waals surface area contributed by atoms with Crippen LogP contribution in [0.3, 0.4) is 0 Å². The van der Waals surface area contributed by atoms with Gasteiger partial charge in [-0.1, -0.05) is 24.3 Å². The molecule has 8 aliphatic heterocycles. The van der Waals surface area contributed by atoms with E-state index in [1.165, 1.54) is 16.7 Å². The lowest BCUT2D eigenvalue weighted by atomic mass is 9.95. The second-order valence-corrected chi connectivity index (χ2v) is 21.5. The number of benzene rings is 4. The first-order valence-electron chi connectivity index (χ1n) is 28.3. The summed E-state index contributed by atoms with van der Waals surface area (Å²) in [4.78, 5) is 69.4. The van der Waals surface area contributed by atoms with Crippen LogP contribution >= 0.6 is 0 Å². The molecule has 10 N–H and O–H groups in total. The molecule has 0 aliphatic carbocycles. The minimum atomic E-state index is -0.205. The Labute approximate surface area is 464 Å². The third-order valence-electron chi connectivity index (χ3n) is 16.5. The average Bonchev–Trinajstić information content (AvgIpc) is 3.78. The molecular weight excluding hydrogens is 1000 g/mol. The van der Waals surface area contributed by atoms with E-state index in [2.05, 4.69) is 104 Å². The van der Waals surface area contributed by atoms with Gasteiger partial charge in [0, 0.05) is 159 Å². The van der Waals surface area contributed by atoms with E-state index in [0.717, 1.165) is 162 Å². The van der Waals surface area contributed by atoms with Crippen LogP contribution in [0.25, 0.3) is 0 Å². The number of Topliss-reactive ketones (excluding diaryl/α,β-unsaturated/α-hetero) is 1. The Morgan fingerprint density at radius 2 is 0.785 bits per heavy atom. The number of hydrogen-bond donors (Lipinski definition) is 10. The molecule has 4 amide bonds. The number of ether oxygens (including phenoxy) is 1. The smallest absolute Gasteiger partial charge is 0.242 e. The van der Waals surface area contributed by atoms with Gasteiger partial charge in [0.25, 0.3) is 0 Å². The van der Waals surface area contributed by atoms with E-state index in [1.807, 2.05) is 64.6 Å². The van der Waals surface area contributed by atoms with E-state index in [4.69, 9.17) is 4.74 Å². The third-order valence-corrected chi connectivity index (χ3v) is 16.5. The second kappa shape index (κ2) is 27.0. The van der Waals surface area contributed by atoms with Crippen LogP contribution in [0.4, 0.5) is 45.5 Å². The van der Waals surface area contributed by atoms with E-state index < -0.39 is 0 Å². The van der Waals surface area contributed by atoms with Crippen molar-refractivity contribution in [3.05, 3.63) is 95.1 Å². The molecule has 0 spiro atoms. The number of aliphatic hydroxyl groups excluding tert-OH is 1. The van der Waals surface area contributed by atoms with Gasteiger partial charge in [0.15, 0.2) is 0 Å². The monoisotopic (exact) mass is 1080 g/mol. The summed E-state index contributed by atoms with van der Waals surface area (Å²) in [5.41, 5.74) is 12.5. The van der Waals surface area contributed by atoms with Crippen LogP contribution in [0.5, 0.6) is 0 Å². The zero-order valence-corrected chi connectivity index (χ0v) is 46.3. The lowest BCUT2D eigenvalue weighted by Crippen LogP contribution is -2.54. The molecule has 20 nitrogen and oxygen atoms in total. The number of hydrogen-bond acceptors (Lipinski definition) is 16. The number of carbonyl (C=O) groups excluding carboxylic acids is 5. The van der Waals surface area contributed by atoms with Crippen molar-refractivity contribution < 1.29 is 33.8 Å². The number of likely N-dealkylation sites (tertiary alicyclic amines) is 2. The van der Waals surface area contributed by atoms with Gasteiger partial charge in [0.1, 0.15) is 5.78 Å². The number of anilines is 8. The van der Waals surface area contributed by atoms with E-state index in [1.54, 1.807) is 0 Å². The zero-order valence-electron chi connectivity index (χ0n) is 46.3. The molecule has 424 valence electrons. The van der Waals surface area contributed by atoms with Crippen LogP contribution in [0.1, 0.15) is 54.4 Å². The first kappa shape index (κ1) is 57.0. The topological polar surface area (TPSA) is 236 Å². The molecule has 4 atom stereocenters. The molecule has 12 rings (SSSR count). The van der Waals surface area contributed by atoms with Crippen molar-refractivity contribution >= 4 is 74.9 Å². The molecule has 4 aromatic carbocycles. The van der Waals surface area contributed by atoms with E-state index >= 15 is 0 Å². The predicted molar refractivity (Wildman–Crippen MR) is 313 cm³/mol. The van der Waals surface area contributed by atoms with Gasteiger partial charge >= 0.3 is 0 Å². The number of nitrogens with one attached hydrogen (secondary N) is 9. The number of piperazine rings is 1. The number of nitrogens with zero attached hydrogens (tertiary/aromatic N) is 4. The minimum Gasteiger partial charge on any atom is -0.393 e. The van der Waals surface area contributed by atoms with Gasteiger partial charge in [-0.2, -0.15) is 0 Å². The molecule has 79 heavy (non-hydrogen) atoms. The van der Waals surface area contributed by atoms with Gasteiger partial charge < -0.3 is 57.7 Å². The van der Waals surface area contributed by atoms with Gasteiger partial charge in [-0.25, -0.2) is 0 Å². The molecular formula is C59H81N13O7. The van der Waals surface area contributed by atoms with Gasteiger partial charge in [-0.05, 0) is 116 Å². The summed E-state index contributed by atoms with van der Waals surface area (Å²) in [7, 11) is 7.50. The van der Waals surface area contributed by atoms with Crippen molar-refractivity contribution in [3.8, 4) is 0 Å². The zero-order chi connectivity index (χ0) is 55.4. The number of fused-ring (bicyclic) bond motifs is 4. The van der Waals surface area contributed by atoms with Crippen LogP contribution < -0.4 is 47.9 Å². The van der Waals surface area contributed by atoms with Crippen molar-refractivity contribution in [2.75, 3.05) is 149 Å². The molecule has 0 bridgehead atoms. The van der Waals surface area contributed by atoms with E-state index in [9.17, 15) is 29.1 Å². The highest BCUT2D eigenvalue weighted by Crippen LogP contribution is 2.32. The highest BCUT2D eigenvalue weighted by Gasteiger charge is 2.36. The summed E-state index contributed by atoms with van der Waals surface area (Å²) < 4.78 is 5.47. The molecule has 4 fully saturated rings. The summed E-state index contributed by atoms with van der Waals surface area (Å²) in [6.45, 7) is 10.1. The Bertz CT molecular complexity index is 2780. The van der Waals surface area contributed by atoms with Crippen molar-refractivity contribution in [2.24, 2.45) is 0 Å². The first-order chi connectivity index (χ1) is 38.4. The number of aliphatic hydroxyl groups is 1. The Morgan fingerprint density at radius 1 is 0.443 bits per heavy atom. The molecule has 4 saturated heterocycles. The summed E-state index contributed by atoms with van der Waals surface area (Å²) in [5, 5.41) is 37.3. The lowest BCUT2D eigenvalue weighted by molar-refractivity contribution is -0.127. The number of rotatable bonds is 8. The largest absolute Gasteiger partial charge is 0.393 e. The maximum Gasteiger partial charge on any atom is 0.242 e. The van der Waals surface area contributed by atoms with E-state index in [-0.39, 0.29) is 53.9 Å². The van der Waals surface area contributed by atoms with Gasteiger partial charge in [0.2, 0.25) is 23.6 Å². The fourth-order valence-electron chi connectivity index (χ4n) is 11.7. The van der Waals surface area contributed by atoms with Crippen molar-refractivity contribution in [1.82, 2.24) is 24.9 Å². The SMILES string of the molecule is CNc1ccc2c(c1)NC(=O)C(N1CCC(=O)CC1)C2.CNc1ccc2c(c1)NC(=O)C(N1CCC(O)CC1)C2.CNc1ccc2c(c1)NC(=O)C(N1CCCOCC1)C2.CNc1ccc2c(c1)NC(=O)C(N1CCNCC1)C2. The number of carbonyl (C=O) groups is 5. The van der Waals surface area contributed by atoms with Crippen LogP contribution in [0.15, 0.2) is 72.8 Å². The first-order valence-corrected chi connectivity index (χ1v) is 28.3. The van der Waals surface area contributed by atoms with Gasteiger partial charge in [-0.3, -0.25) is 43.6 Å². The predicted octanol–water partition coefficient (Wildman–Crippen LogP) is 4.12. The highest BCUT2D eigenvalue weighted by atomic mass is 16.5. The van der Waals surface area contributed by atoms with Gasteiger partial charge in [0.05, 0.1) is 36.9 Å². The molecule has 0 radical (unpaired) electrons. The normalized spacial score (nSPS) is 23.6. The molecule has 0 saturated carbocycles. The van der Waals surface area contributed by atoms with Gasteiger partial charge in [-0.15, -0.1) is 0 Å². The van der Waals surface area contributed by atoms with Crippen LogP contribution in [-0.2, 0) is 54.4 Å². The maximum atomic E-state index is 12.4. The Balaban J connectivity index is 0.000000128. The minimum absolute atomic E-state index is 0.0185. The van der Waals surface area contributed by atoms with Crippen molar-refractivity contribution in [1.29, 1.82) is 0 Å². The fourth-order valence-corrected chi connectivity index (χ4v) is 11.7. The second-order valence-electron chi connectivity index (χ2n) is 21.5. The number of ketones is 1. The third kappa shape index (κ3) is 14.4. The van der Waals surface area contributed by atoms with Crippen LogP contribution in [0, 0.1) is 0 Å². The number of amides is 4. The average molecular weight is 1080 g/mol. The lowest BCUT2D eigenvalue weighted by Gasteiger charge is -2.37. The number of piperidine rings is 2. The highest BCUT2D eigenvalue weighted by molar-refractivity contribution is 6.01. The summed E-state index contributed by atoms with van der Waals surface area (Å²) >= 11 is 0. The molecule has 0 aromatic heterocycles. The quantitative estimate of drug-likeness (QED) is 0.120. The Morgan fingerprint density at radius 3 is 1.15 bits per heavy atom. The van der Waals surface area contributed by atoms with E-state index in [0.29, 0.717) is 31.7 Å². The Hall–Kier alpha value is -6.65. The molecule has 4 unspecified atom stereocenters. The van der Waals surface area contributed by atoms with Crippen LogP contribution in [-0.4, -0.2) is 191 Å². The molecule has 4 aromatic rings. The Kier molecular flexibility index (Phi) is 19.5. The summed E-state index contributed by atoms with van der Waals surface area (Å²) in [6.07, 6.45) is 6.50. The fraction of sp³-hybridized carbons (Fsp3) is 0.508. The van der Waals surface area contributed by atoms with Crippen LogP contribution in [0.2, 0.25) is 0 Å². The molecule has 20 heteroatoms. The van der Waals surface area contributed by atoms with Crippen molar-refractivity contribution in [2.45, 2.75) is 88.1 Å². The maximum absolute atomic E-state index is 12.4. The molecule has 8 heterocycles. The summed E-state index contributed by atoms with van der Waals surface area (Å²) in [5.74, 6) is 0.647. The molecule has 8 aliphatic rings. The van der Waals surface area contributed by atoms with Crippen molar-refractivity contribution in [3.63, 3.8) is 0 Å².